The molecule has 0 radical (unpaired) electrons. The first-order chi connectivity index (χ1) is 11.1. The van der Waals surface area contributed by atoms with Gasteiger partial charge in [-0.05, 0) is 30.0 Å². The van der Waals surface area contributed by atoms with Crippen LogP contribution in [0.4, 0.5) is 5.69 Å². The number of fused-ring (bicyclic) bond motifs is 1. The van der Waals surface area contributed by atoms with Gasteiger partial charge in [0.15, 0.2) is 5.75 Å². The van der Waals surface area contributed by atoms with Crippen molar-refractivity contribution in [2.24, 2.45) is 0 Å². The van der Waals surface area contributed by atoms with Crippen molar-refractivity contribution in [2.45, 2.75) is 19.9 Å². The van der Waals surface area contributed by atoms with Crippen LogP contribution in [0.5, 0.6) is 5.75 Å². The first kappa shape index (κ1) is 15.3. The maximum Gasteiger partial charge on any atom is 0.267 e. The highest BCUT2D eigenvalue weighted by Crippen LogP contribution is 2.31. The Morgan fingerprint density at radius 1 is 1.26 bits per heavy atom. The summed E-state index contributed by atoms with van der Waals surface area (Å²) in [5.41, 5.74) is 0.557. The molecule has 1 aromatic carbocycles. The molecule has 0 atom stereocenters. The van der Waals surface area contributed by atoms with Gasteiger partial charge < -0.3 is 15.0 Å². The van der Waals surface area contributed by atoms with E-state index in [9.17, 15) is 14.7 Å². The third-order valence-electron chi connectivity index (χ3n) is 3.55. The molecule has 0 bridgehead atoms. The molecular formula is C17H16N2O3S. The number of aromatic nitrogens is 1. The van der Waals surface area contributed by atoms with Gasteiger partial charge in [-0.25, -0.2) is 0 Å². The summed E-state index contributed by atoms with van der Waals surface area (Å²) in [5, 5.41) is 14.9. The van der Waals surface area contributed by atoms with E-state index in [-0.39, 0.29) is 11.3 Å². The highest BCUT2D eigenvalue weighted by molar-refractivity contribution is 7.17. The Labute approximate surface area is 136 Å². The molecule has 3 aromatic rings. The molecule has 2 aromatic heterocycles. The molecule has 3 rings (SSSR count). The van der Waals surface area contributed by atoms with E-state index in [0.717, 1.165) is 6.42 Å². The number of nitrogens with one attached hydrogen (secondary N) is 1. The number of rotatable bonds is 4. The summed E-state index contributed by atoms with van der Waals surface area (Å²) in [5.74, 6) is -0.848. The number of thiophene rings is 1. The number of anilines is 1. The maximum atomic E-state index is 12.7. The number of aryl methyl sites for hydroxylation is 1. The van der Waals surface area contributed by atoms with Crippen LogP contribution < -0.4 is 10.9 Å². The van der Waals surface area contributed by atoms with E-state index < -0.39 is 11.5 Å². The van der Waals surface area contributed by atoms with Gasteiger partial charge in [0, 0.05) is 12.2 Å². The fourth-order valence-electron chi connectivity index (χ4n) is 2.52. The van der Waals surface area contributed by atoms with Gasteiger partial charge >= 0.3 is 0 Å². The van der Waals surface area contributed by atoms with E-state index in [1.165, 1.54) is 11.3 Å². The number of carbonyl (C=O) groups excluding carboxylic acids is 1. The maximum absolute atomic E-state index is 12.7. The predicted octanol–water partition coefficient (Wildman–Crippen LogP) is 3.43. The Hall–Kier alpha value is -2.60. The molecule has 6 heteroatoms. The van der Waals surface area contributed by atoms with Gasteiger partial charge in [0.1, 0.15) is 5.56 Å². The van der Waals surface area contributed by atoms with E-state index in [0.29, 0.717) is 22.4 Å². The number of amides is 1. The second-order valence-electron chi connectivity index (χ2n) is 5.14. The Morgan fingerprint density at radius 3 is 2.70 bits per heavy atom. The van der Waals surface area contributed by atoms with Gasteiger partial charge in [0.25, 0.3) is 11.5 Å². The van der Waals surface area contributed by atoms with Crippen LogP contribution in [-0.2, 0) is 6.54 Å². The van der Waals surface area contributed by atoms with Crippen molar-refractivity contribution in [3.63, 3.8) is 0 Å². The van der Waals surface area contributed by atoms with E-state index in [2.05, 4.69) is 5.32 Å². The largest absolute Gasteiger partial charge is 0.505 e. The van der Waals surface area contributed by atoms with Gasteiger partial charge in [-0.3, -0.25) is 9.59 Å². The van der Waals surface area contributed by atoms with Crippen LogP contribution in [0.2, 0.25) is 0 Å². The van der Waals surface area contributed by atoms with Crippen LogP contribution in [0.25, 0.3) is 10.2 Å². The standard InChI is InChI=1S/C17H16N2O3S/c1-2-9-19-12-8-10-23-15(12)14(20)13(17(19)22)16(21)18-11-6-4-3-5-7-11/h3-8,10,20H,2,9H2,1H3,(H,18,21). The Morgan fingerprint density at radius 2 is 2.00 bits per heavy atom. The number of carbonyl (C=O) groups is 1. The van der Waals surface area contributed by atoms with Crippen LogP contribution in [0.15, 0.2) is 46.6 Å². The molecule has 23 heavy (non-hydrogen) atoms. The second-order valence-corrected chi connectivity index (χ2v) is 6.05. The molecule has 0 aliphatic rings. The zero-order valence-electron chi connectivity index (χ0n) is 12.6. The van der Waals surface area contributed by atoms with Crippen molar-refractivity contribution in [3.8, 4) is 5.75 Å². The molecule has 2 N–H and O–H groups in total. The molecule has 0 unspecified atom stereocenters. The van der Waals surface area contributed by atoms with Crippen LogP contribution >= 0.6 is 11.3 Å². The van der Waals surface area contributed by atoms with Gasteiger partial charge in [0.05, 0.1) is 10.2 Å². The second kappa shape index (κ2) is 6.26. The van der Waals surface area contributed by atoms with Crippen LogP contribution in [0.3, 0.4) is 0 Å². The molecule has 0 saturated heterocycles. The van der Waals surface area contributed by atoms with Crippen molar-refractivity contribution in [2.75, 3.05) is 5.32 Å². The van der Waals surface area contributed by atoms with Crippen LogP contribution in [-0.4, -0.2) is 15.6 Å². The van der Waals surface area contributed by atoms with Crippen molar-refractivity contribution < 1.29 is 9.90 Å². The molecule has 5 nitrogen and oxygen atoms in total. The van der Waals surface area contributed by atoms with Crippen LogP contribution in [0.1, 0.15) is 23.7 Å². The molecular weight excluding hydrogens is 312 g/mol. The fourth-order valence-corrected chi connectivity index (χ4v) is 3.36. The van der Waals surface area contributed by atoms with Crippen molar-refractivity contribution >= 4 is 33.1 Å². The highest BCUT2D eigenvalue weighted by atomic mass is 32.1. The average Bonchev–Trinajstić information content (AvgIpc) is 3.02. The van der Waals surface area contributed by atoms with E-state index in [1.807, 2.05) is 13.0 Å². The van der Waals surface area contributed by atoms with Crippen molar-refractivity contribution in [1.82, 2.24) is 4.57 Å². The number of pyridine rings is 1. The first-order valence-electron chi connectivity index (χ1n) is 7.32. The summed E-state index contributed by atoms with van der Waals surface area (Å²) in [7, 11) is 0. The minimum absolute atomic E-state index is 0.211. The topological polar surface area (TPSA) is 71.3 Å². The lowest BCUT2D eigenvalue weighted by Gasteiger charge is -2.12. The first-order valence-corrected chi connectivity index (χ1v) is 8.20. The SMILES string of the molecule is CCCn1c(=O)c(C(=O)Nc2ccccc2)c(O)c2sccc21. The molecule has 118 valence electrons. The molecule has 1 amide bonds. The lowest BCUT2D eigenvalue weighted by atomic mass is 10.2. The highest BCUT2D eigenvalue weighted by Gasteiger charge is 2.22. The summed E-state index contributed by atoms with van der Waals surface area (Å²) in [6.07, 6.45) is 0.759. The van der Waals surface area contributed by atoms with Crippen LogP contribution in [0, 0.1) is 0 Å². The third kappa shape index (κ3) is 2.73. The number of aromatic hydroxyl groups is 1. The molecule has 0 fully saturated rings. The molecule has 0 aliphatic heterocycles. The predicted molar refractivity (Wildman–Crippen MR) is 92.4 cm³/mol. The zero-order valence-corrected chi connectivity index (χ0v) is 13.4. The quantitative estimate of drug-likeness (QED) is 0.771. The Kier molecular flexibility index (Phi) is 4.16. The van der Waals surface area contributed by atoms with E-state index >= 15 is 0 Å². The summed E-state index contributed by atoms with van der Waals surface area (Å²) in [6, 6.07) is 10.6. The van der Waals surface area contributed by atoms with Gasteiger partial charge in [-0.1, -0.05) is 25.1 Å². The minimum atomic E-state index is -0.598. The number of nitrogens with zero attached hydrogens (tertiary/aromatic N) is 1. The third-order valence-corrected chi connectivity index (χ3v) is 4.46. The molecule has 0 aliphatic carbocycles. The fraction of sp³-hybridized carbons (Fsp3) is 0.176. The Balaban J connectivity index is 2.13. The number of benzene rings is 1. The molecule has 0 saturated carbocycles. The lowest BCUT2D eigenvalue weighted by molar-refractivity contribution is 0.102. The minimum Gasteiger partial charge on any atom is -0.505 e. The van der Waals surface area contributed by atoms with Gasteiger partial charge in [-0.2, -0.15) is 0 Å². The summed E-state index contributed by atoms with van der Waals surface area (Å²) >= 11 is 1.31. The number of hydrogen-bond acceptors (Lipinski definition) is 4. The molecule has 2 heterocycles. The smallest absolute Gasteiger partial charge is 0.267 e. The monoisotopic (exact) mass is 328 g/mol. The van der Waals surface area contributed by atoms with Gasteiger partial charge in [-0.15, -0.1) is 11.3 Å². The van der Waals surface area contributed by atoms with Crippen molar-refractivity contribution in [3.05, 3.63) is 57.7 Å². The van der Waals surface area contributed by atoms with Gasteiger partial charge in [0.2, 0.25) is 0 Å². The summed E-state index contributed by atoms with van der Waals surface area (Å²) in [6.45, 7) is 2.46. The van der Waals surface area contributed by atoms with Crippen molar-refractivity contribution in [1.29, 1.82) is 0 Å². The Bertz CT molecular complexity index is 913. The normalized spacial score (nSPS) is 10.8. The van der Waals surface area contributed by atoms with E-state index in [1.54, 1.807) is 40.3 Å². The summed E-state index contributed by atoms with van der Waals surface area (Å²) in [4.78, 5) is 25.2. The number of para-hydroxylation sites is 1. The summed E-state index contributed by atoms with van der Waals surface area (Å²) < 4.78 is 2.10. The molecule has 0 spiro atoms. The average molecular weight is 328 g/mol. The lowest BCUT2D eigenvalue weighted by Crippen LogP contribution is -2.29. The zero-order chi connectivity index (χ0) is 16.4. The van der Waals surface area contributed by atoms with E-state index in [4.69, 9.17) is 0 Å². The number of hydrogen-bond donors (Lipinski definition) is 2.